The molecule has 2 amide bonds. The van der Waals surface area contributed by atoms with Crippen LogP contribution in [0, 0.1) is 0 Å². The number of nitrogens with one attached hydrogen (secondary N) is 2. The summed E-state index contributed by atoms with van der Waals surface area (Å²) in [5.74, 6) is -1.90. The molecule has 10 rings (SSSR count). The fourth-order valence-electron chi connectivity index (χ4n) is 6.72. The predicted molar refractivity (Wildman–Crippen MR) is 243 cm³/mol. The van der Waals surface area contributed by atoms with Gasteiger partial charge in [-0.1, -0.05) is 68.3 Å². The van der Waals surface area contributed by atoms with Crippen LogP contribution >= 0.6 is 54.5 Å². The number of aromatic carboxylic acids is 2. The van der Waals surface area contributed by atoms with Crippen LogP contribution in [-0.2, 0) is 0 Å². The molecular weight excluding hydrogens is 968 g/mol. The maximum absolute atomic E-state index is 12.7. The first kappa shape index (κ1) is 40.5. The highest BCUT2D eigenvalue weighted by atomic mass is 79.9. The van der Waals surface area contributed by atoms with E-state index in [1.165, 1.54) is 7.11 Å². The maximum atomic E-state index is 12.7. The number of hydrogen-bond donors (Lipinski definition) is 4. The van der Waals surface area contributed by atoms with E-state index in [2.05, 4.69) is 42.5 Å². The summed E-state index contributed by atoms with van der Waals surface area (Å²) in [4.78, 5) is 49.5. The number of anilines is 2. The largest absolute Gasteiger partial charge is 0.493 e. The van der Waals surface area contributed by atoms with E-state index in [4.69, 9.17) is 22.4 Å². The monoisotopic (exact) mass is 992 g/mol. The van der Waals surface area contributed by atoms with Crippen LogP contribution in [0.4, 0.5) is 10.0 Å². The van der Waals surface area contributed by atoms with Gasteiger partial charge in [0, 0.05) is 52.4 Å². The number of para-hydroxylation sites is 2. The Bertz CT molecular complexity index is 3340. The van der Waals surface area contributed by atoms with Gasteiger partial charge in [-0.15, -0.1) is 22.7 Å². The second kappa shape index (κ2) is 16.5. The third kappa shape index (κ3) is 7.77. The fraction of sp³-hybridized carbons (Fsp3) is 0.0222. The lowest BCUT2D eigenvalue weighted by molar-refractivity contribution is 0.0688. The second-order valence-electron chi connectivity index (χ2n) is 13.5. The highest BCUT2D eigenvalue weighted by molar-refractivity contribution is 9.10. The standard InChI is InChI=1S/C23H14BrNO6S.C22H12BrNO5S/c1-29-17-9-13(24)6-12-8-16(31-20(12)17)14-10-32-22(19(14)23(27)28)25-21(26)18-7-11-4-2-3-5-15(11)30-18;23-13-5-6-16-12(7-13)9-17(28-16)14-10-30-21(19(14)22(26)27)24-20(25)18-8-11-3-1-2-4-15(11)29-18/h2-10H,1H3,(H,25,26)(H,27,28);1-10H,(H,24,25)(H,26,27). The van der Waals surface area contributed by atoms with Crippen LogP contribution in [0.5, 0.6) is 5.75 Å². The summed E-state index contributed by atoms with van der Waals surface area (Å²) in [7, 11) is 1.53. The van der Waals surface area contributed by atoms with Gasteiger partial charge < -0.3 is 43.3 Å². The smallest absolute Gasteiger partial charge is 0.339 e. The number of amides is 2. The Morgan fingerprint density at radius 3 is 1.60 bits per heavy atom. The van der Waals surface area contributed by atoms with E-state index in [0.717, 1.165) is 53.2 Å². The number of rotatable bonds is 9. The van der Waals surface area contributed by atoms with Crippen LogP contribution in [0.25, 0.3) is 66.5 Å². The first-order chi connectivity index (χ1) is 29.9. The molecule has 0 atom stereocenters. The van der Waals surface area contributed by atoms with Crippen molar-refractivity contribution in [3.63, 3.8) is 0 Å². The molecule has 0 unspecified atom stereocenters. The first-order valence-electron chi connectivity index (χ1n) is 18.2. The van der Waals surface area contributed by atoms with Gasteiger partial charge in [-0.3, -0.25) is 9.59 Å². The average molecular weight is 995 g/mol. The summed E-state index contributed by atoms with van der Waals surface area (Å²) in [6.07, 6.45) is 0. The molecule has 0 spiro atoms. The van der Waals surface area contributed by atoms with E-state index >= 15 is 0 Å². The molecule has 0 aliphatic carbocycles. The number of fused-ring (bicyclic) bond motifs is 4. The number of carbonyl (C=O) groups is 4. The topological polar surface area (TPSA) is 195 Å². The molecule has 0 aliphatic rings. The summed E-state index contributed by atoms with van der Waals surface area (Å²) in [6.45, 7) is 0. The lowest BCUT2D eigenvalue weighted by Crippen LogP contribution is -2.12. The van der Waals surface area contributed by atoms with Gasteiger partial charge in [0.15, 0.2) is 22.9 Å². The summed E-state index contributed by atoms with van der Waals surface area (Å²) >= 11 is 9.05. The Hall–Kier alpha value is -6.92. The average Bonchev–Trinajstić information content (AvgIpc) is 4.11. The molecule has 0 fully saturated rings. The van der Waals surface area contributed by atoms with Crippen molar-refractivity contribution in [2.75, 3.05) is 17.7 Å². The molecular formula is C45H26Br2N2O11S2. The van der Waals surface area contributed by atoms with Gasteiger partial charge in [0.25, 0.3) is 11.8 Å². The Morgan fingerprint density at radius 2 is 1.06 bits per heavy atom. The second-order valence-corrected chi connectivity index (χ2v) is 17.0. The number of methoxy groups -OCH3 is 1. The molecule has 4 aromatic carbocycles. The van der Waals surface area contributed by atoms with E-state index < -0.39 is 23.8 Å². The molecule has 0 saturated heterocycles. The molecule has 17 heteroatoms. The predicted octanol–water partition coefficient (Wildman–Crippen LogP) is 13.2. The van der Waals surface area contributed by atoms with Crippen molar-refractivity contribution in [1.82, 2.24) is 0 Å². The number of benzene rings is 4. The molecule has 13 nitrogen and oxygen atoms in total. The Labute approximate surface area is 373 Å². The quantitative estimate of drug-likeness (QED) is 0.107. The van der Waals surface area contributed by atoms with Crippen LogP contribution in [-0.4, -0.2) is 41.1 Å². The zero-order valence-electron chi connectivity index (χ0n) is 31.6. The molecule has 0 aliphatic heterocycles. The fourth-order valence-corrected chi connectivity index (χ4v) is 9.43. The Kier molecular flexibility index (Phi) is 10.8. The van der Waals surface area contributed by atoms with Crippen LogP contribution in [0.1, 0.15) is 41.8 Å². The van der Waals surface area contributed by atoms with E-state index in [1.807, 2.05) is 54.6 Å². The lowest BCUT2D eigenvalue weighted by Gasteiger charge is -2.03. The van der Waals surface area contributed by atoms with Crippen LogP contribution in [0.3, 0.4) is 0 Å². The SMILES string of the molecule is COc1cc(Br)cc2cc(-c3csc(NC(=O)c4cc5ccccc5o4)c3C(=O)O)oc12.O=C(Nc1scc(-c2cc3cc(Br)ccc3o2)c1C(=O)O)c1cc2ccccc2o1. The van der Waals surface area contributed by atoms with E-state index in [1.54, 1.807) is 59.3 Å². The van der Waals surface area contributed by atoms with Gasteiger partial charge >= 0.3 is 11.9 Å². The number of furan rings is 4. The molecule has 10 aromatic rings. The highest BCUT2D eigenvalue weighted by Crippen LogP contribution is 2.42. The molecule has 0 saturated carbocycles. The normalized spacial score (nSPS) is 11.2. The zero-order chi connectivity index (χ0) is 43.2. The van der Waals surface area contributed by atoms with Crippen molar-refractivity contribution in [2.45, 2.75) is 0 Å². The minimum absolute atomic E-state index is 0.0254. The van der Waals surface area contributed by atoms with E-state index in [-0.39, 0.29) is 32.6 Å². The summed E-state index contributed by atoms with van der Waals surface area (Å²) in [5, 5.41) is 31.8. The first-order valence-corrected chi connectivity index (χ1v) is 21.5. The maximum Gasteiger partial charge on any atom is 0.339 e. The lowest BCUT2D eigenvalue weighted by atomic mass is 10.1. The zero-order valence-corrected chi connectivity index (χ0v) is 36.4. The summed E-state index contributed by atoms with van der Waals surface area (Å²) < 4.78 is 30.0. The van der Waals surface area contributed by atoms with Crippen molar-refractivity contribution >= 4 is 132 Å². The highest BCUT2D eigenvalue weighted by Gasteiger charge is 2.27. The van der Waals surface area contributed by atoms with Gasteiger partial charge in [0.05, 0.1) is 7.11 Å². The number of hydrogen-bond acceptors (Lipinski definition) is 11. The number of carboxylic acids is 2. The van der Waals surface area contributed by atoms with Crippen LogP contribution < -0.4 is 15.4 Å². The van der Waals surface area contributed by atoms with Crippen molar-refractivity contribution in [3.05, 3.63) is 145 Å². The number of ether oxygens (including phenoxy) is 1. The van der Waals surface area contributed by atoms with Gasteiger partial charge in [-0.2, -0.15) is 0 Å². The van der Waals surface area contributed by atoms with Gasteiger partial charge in [-0.05, 0) is 66.7 Å². The van der Waals surface area contributed by atoms with Gasteiger partial charge in [0.2, 0.25) is 0 Å². The molecule has 4 N–H and O–H groups in total. The Morgan fingerprint density at radius 1 is 0.565 bits per heavy atom. The van der Waals surface area contributed by atoms with E-state index in [9.17, 15) is 29.4 Å². The summed E-state index contributed by atoms with van der Waals surface area (Å²) in [5.41, 5.74) is 2.98. The number of carbonyl (C=O) groups excluding carboxylic acids is 2. The molecule has 6 aromatic heterocycles. The molecule has 0 bridgehead atoms. The molecule has 6 heterocycles. The molecule has 62 heavy (non-hydrogen) atoms. The third-order valence-electron chi connectivity index (χ3n) is 9.54. The number of halogens is 2. The molecule has 308 valence electrons. The third-order valence-corrected chi connectivity index (χ3v) is 12.3. The molecule has 0 radical (unpaired) electrons. The Balaban J connectivity index is 0.000000158. The van der Waals surface area contributed by atoms with Crippen LogP contribution in [0.2, 0.25) is 0 Å². The van der Waals surface area contributed by atoms with Gasteiger partial charge in [0.1, 0.15) is 49.4 Å². The van der Waals surface area contributed by atoms with Crippen molar-refractivity contribution in [1.29, 1.82) is 0 Å². The summed E-state index contributed by atoms with van der Waals surface area (Å²) in [6, 6.07) is 30.4. The minimum atomic E-state index is -1.19. The van der Waals surface area contributed by atoms with Crippen LogP contribution in [0.15, 0.2) is 141 Å². The van der Waals surface area contributed by atoms with E-state index in [0.29, 0.717) is 50.7 Å². The van der Waals surface area contributed by atoms with Crippen molar-refractivity contribution in [2.24, 2.45) is 0 Å². The van der Waals surface area contributed by atoms with Crippen molar-refractivity contribution < 1.29 is 51.8 Å². The van der Waals surface area contributed by atoms with Gasteiger partial charge in [-0.25, -0.2) is 9.59 Å². The number of thiophene rings is 2. The van der Waals surface area contributed by atoms with Crippen molar-refractivity contribution in [3.8, 4) is 28.4 Å². The number of carboxylic acid groups (broad SMARTS) is 2. The minimum Gasteiger partial charge on any atom is -0.493 e.